The maximum Gasteiger partial charge on any atom is 0.405 e. The fourth-order valence-electron chi connectivity index (χ4n) is 5.74. The van der Waals surface area contributed by atoms with Gasteiger partial charge in [-0.15, -0.1) is 0 Å². The van der Waals surface area contributed by atoms with Gasteiger partial charge in [-0.1, -0.05) is 88.4 Å². The molecular formula is C31H52N4O7P2Si. The lowest BCUT2D eigenvalue weighted by molar-refractivity contribution is -0.0831. The fraction of sp³-hybridized carbons (Fsp3) is 0.613. The van der Waals surface area contributed by atoms with Gasteiger partial charge in [0.05, 0.1) is 31.8 Å². The molecule has 11 nitrogen and oxygen atoms in total. The third-order valence-electron chi connectivity index (χ3n) is 8.97. The minimum Gasteiger partial charge on any atom is -0.377 e. The van der Waals surface area contributed by atoms with E-state index in [1.54, 1.807) is 13.8 Å². The zero-order valence-electron chi connectivity index (χ0n) is 27.1. The van der Waals surface area contributed by atoms with Gasteiger partial charge in [0.1, 0.15) is 0 Å². The molecule has 0 unspecified atom stereocenters. The Bertz CT molecular complexity index is 1220. The predicted molar refractivity (Wildman–Crippen MR) is 181 cm³/mol. The Morgan fingerprint density at radius 2 is 1.22 bits per heavy atom. The van der Waals surface area contributed by atoms with Crippen LogP contribution >= 0.6 is 15.3 Å². The summed E-state index contributed by atoms with van der Waals surface area (Å²) >= 11 is 0. The highest BCUT2D eigenvalue weighted by molar-refractivity contribution is 7.55. The van der Waals surface area contributed by atoms with Crippen LogP contribution in [0.3, 0.4) is 0 Å². The van der Waals surface area contributed by atoms with Gasteiger partial charge in [0.15, 0.2) is 5.34 Å². The van der Waals surface area contributed by atoms with Crippen molar-refractivity contribution in [3.8, 4) is 0 Å². The SMILES string of the molecule is CCC(CC)NCCN[Si](NCCNP1(=O)OCC2(CO1)COP(=O)(C(O)(CC)CC)OC2)(c1ccccc1)c1ccccc1. The Labute approximate surface area is 269 Å². The average Bonchev–Trinajstić information content (AvgIpc) is 3.09. The highest BCUT2D eigenvalue weighted by Crippen LogP contribution is 2.65. The van der Waals surface area contributed by atoms with E-state index in [1.165, 1.54) is 10.4 Å². The van der Waals surface area contributed by atoms with Crippen LogP contribution in [-0.2, 0) is 27.2 Å². The molecule has 0 amide bonds. The van der Waals surface area contributed by atoms with E-state index >= 15 is 0 Å². The van der Waals surface area contributed by atoms with Crippen LogP contribution < -0.4 is 30.7 Å². The topological polar surface area (TPSA) is 139 Å². The Hall–Kier alpha value is -1.24. The van der Waals surface area contributed by atoms with Crippen LogP contribution in [0.15, 0.2) is 60.7 Å². The van der Waals surface area contributed by atoms with Crippen molar-refractivity contribution in [2.75, 3.05) is 52.6 Å². The van der Waals surface area contributed by atoms with Crippen molar-refractivity contribution in [3.05, 3.63) is 60.7 Å². The summed E-state index contributed by atoms with van der Waals surface area (Å²) in [6, 6.07) is 21.4. The third-order valence-corrected chi connectivity index (χ3v) is 17.1. The van der Waals surface area contributed by atoms with E-state index < -0.39 is 34.5 Å². The second-order valence-electron chi connectivity index (χ2n) is 12.0. The van der Waals surface area contributed by atoms with Crippen LogP contribution in [0.1, 0.15) is 53.4 Å². The maximum absolute atomic E-state index is 13.5. The van der Waals surface area contributed by atoms with Gasteiger partial charge in [-0.25, -0.2) is 9.65 Å². The molecule has 0 aromatic heterocycles. The maximum atomic E-state index is 13.5. The van der Waals surface area contributed by atoms with Crippen LogP contribution in [0.5, 0.6) is 0 Å². The monoisotopic (exact) mass is 682 g/mol. The third kappa shape index (κ3) is 8.62. The van der Waals surface area contributed by atoms with Gasteiger partial charge in [-0.05, 0) is 36.1 Å². The van der Waals surface area contributed by atoms with E-state index in [0.717, 1.165) is 25.9 Å². The van der Waals surface area contributed by atoms with Crippen molar-refractivity contribution in [2.24, 2.45) is 5.41 Å². The molecule has 2 saturated heterocycles. The summed E-state index contributed by atoms with van der Waals surface area (Å²) in [5, 5.41) is 18.3. The summed E-state index contributed by atoms with van der Waals surface area (Å²) in [5.41, 5.74) is -0.751. The molecule has 2 aliphatic rings. The molecule has 0 radical (unpaired) electrons. The van der Waals surface area contributed by atoms with Crippen molar-refractivity contribution in [2.45, 2.75) is 64.8 Å². The highest BCUT2D eigenvalue weighted by Gasteiger charge is 2.55. The molecule has 252 valence electrons. The van der Waals surface area contributed by atoms with Crippen LogP contribution in [0.4, 0.5) is 0 Å². The highest BCUT2D eigenvalue weighted by atomic mass is 31.2. The quantitative estimate of drug-likeness (QED) is 0.0949. The zero-order chi connectivity index (χ0) is 32.4. The van der Waals surface area contributed by atoms with Crippen LogP contribution in [0, 0.1) is 5.41 Å². The molecule has 2 fully saturated rings. The number of hydrogen-bond acceptors (Lipinski definition) is 10. The van der Waals surface area contributed by atoms with Gasteiger partial charge in [0, 0.05) is 32.2 Å². The molecule has 2 aromatic rings. The normalized spacial score (nSPS) is 26.0. The summed E-state index contributed by atoms with van der Waals surface area (Å²) in [6.45, 7) is 10.5. The van der Waals surface area contributed by atoms with Gasteiger partial charge in [-0.2, -0.15) is 0 Å². The second kappa shape index (κ2) is 16.2. The smallest absolute Gasteiger partial charge is 0.377 e. The molecule has 2 aromatic carbocycles. The van der Waals surface area contributed by atoms with Gasteiger partial charge < -0.3 is 29.4 Å². The molecule has 0 saturated carbocycles. The zero-order valence-corrected chi connectivity index (χ0v) is 29.9. The molecule has 2 heterocycles. The first-order valence-electron chi connectivity index (χ1n) is 16.2. The lowest BCUT2D eigenvalue weighted by atomic mass is 9.93. The summed E-state index contributed by atoms with van der Waals surface area (Å²) in [7, 11) is -9.96. The first-order chi connectivity index (χ1) is 21.6. The van der Waals surface area contributed by atoms with Crippen LogP contribution in [-0.4, -0.2) is 77.5 Å². The number of benzene rings is 2. The number of hydrogen-bond donors (Lipinski definition) is 5. The van der Waals surface area contributed by atoms with Crippen molar-refractivity contribution in [3.63, 3.8) is 0 Å². The Kier molecular flexibility index (Phi) is 13.2. The summed E-state index contributed by atoms with van der Waals surface area (Å²) in [5.74, 6) is 0. The lowest BCUT2D eigenvalue weighted by Crippen LogP contribution is -2.78. The molecular weight excluding hydrogens is 630 g/mol. The minimum absolute atomic E-state index is 0.0220. The largest absolute Gasteiger partial charge is 0.405 e. The van der Waals surface area contributed by atoms with E-state index in [-0.39, 0.29) is 39.3 Å². The van der Waals surface area contributed by atoms with Gasteiger partial charge in [0.2, 0.25) is 0 Å². The molecule has 0 aliphatic carbocycles. The summed E-state index contributed by atoms with van der Waals surface area (Å²) in [6.07, 6.45) is 2.68. The lowest BCUT2D eigenvalue weighted by Gasteiger charge is -2.45. The fourth-order valence-corrected chi connectivity index (χ4v) is 13.1. The van der Waals surface area contributed by atoms with Crippen molar-refractivity contribution >= 4 is 34.1 Å². The number of rotatable bonds is 17. The molecule has 1 spiro atoms. The summed E-state index contributed by atoms with van der Waals surface area (Å²) < 4.78 is 49.5. The van der Waals surface area contributed by atoms with Crippen molar-refractivity contribution in [1.29, 1.82) is 0 Å². The second-order valence-corrected chi connectivity index (χ2v) is 19.5. The van der Waals surface area contributed by atoms with Gasteiger partial charge in [0.25, 0.3) is 8.40 Å². The first-order valence-corrected chi connectivity index (χ1v) is 21.3. The minimum atomic E-state index is -3.72. The summed E-state index contributed by atoms with van der Waals surface area (Å²) in [4.78, 5) is 7.76. The predicted octanol–water partition coefficient (Wildman–Crippen LogP) is 3.68. The van der Waals surface area contributed by atoms with E-state index in [9.17, 15) is 14.2 Å². The van der Waals surface area contributed by atoms with Gasteiger partial charge >= 0.3 is 15.3 Å². The van der Waals surface area contributed by atoms with E-state index in [1.807, 2.05) is 12.1 Å². The molecule has 5 N–H and O–H groups in total. The average molecular weight is 683 g/mol. The molecule has 4 rings (SSSR count). The van der Waals surface area contributed by atoms with E-state index in [4.69, 9.17) is 18.1 Å². The standard InChI is InChI=1S/C31H52N4O7P2Si/c1-5-27(6-2)32-19-21-34-45(28-15-11-9-12-16-28,29-17-13-10-14-18-29)35-22-20-33-44(38)41-25-30(26-42-44)23-39-43(37,40-24-30)31(36,7-3)8-4/h9-18,27,32,34-36H,5-8,19-26H2,1-4H3,(H,33,38). The van der Waals surface area contributed by atoms with Crippen LogP contribution in [0.2, 0.25) is 0 Å². The van der Waals surface area contributed by atoms with Gasteiger partial charge in [-0.3, -0.25) is 13.6 Å². The number of aliphatic hydroxyl groups is 1. The molecule has 2 aliphatic heterocycles. The van der Waals surface area contributed by atoms with E-state index in [2.05, 4.69) is 82.7 Å². The molecule has 45 heavy (non-hydrogen) atoms. The van der Waals surface area contributed by atoms with Crippen molar-refractivity contribution < 1.29 is 32.3 Å². The number of nitrogens with one attached hydrogen (secondary N) is 4. The first kappa shape index (κ1) is 36.6. The molecule has 0 atom stereocenters. The molecule has 0 bridgehead atoms. The Morgan fingerprint density at radius 1 is 0.756 bits per heavy atom. The van der Waals surface area contributed by atoms with Crippen molar-refractivity contribution in [1.82, 2.24) is 20.4 Å². The Morgan fingerprint density at radius 3 is 1.69 bits per heavy atom. The Balaban J connectivity index is 1.38. The van der Waals surface area contributed by atoms with E-state index in [0.29, 0.717) is 19.1 Å². The van der Waals surface area contributed by atoms with Crippen LogP contribution in [0.25, 0.3) is 0 Å². The molecule has 14 heteroatoms.